The third kappa shape index (κ3) is 2.41. The Morgan fingerprint density at radius 3 is 2.88 bits per heavy atom. The molecule has 1 unspecified atom stereocenters. The molecule has 3 N–H and O–H groups in total. The number of hydrogen-bond acceptors (Lipinski definition) is 3. The average molecular weight is 222 g/mol. The lowest BCUT2D eigenvalue weighted by molar-refractivity contribution is -0.123. The van der Waals surface area contributed by atoms with Gasteiger partial charge in [-0.1, -0.05) is 12.8 Å². The summed E-state index contributed by atoms with van der Waals surface area (Å²) >= 11 is 0. The van der Waals surface area contributed by atoms with Crippen molar-refractivity contribution in [1.82, 2.24) is 15.1 Å². The Morgan fingerprint density at radius 1 is 1.62 bits per heavy atom. The molecule has 1 aliphatic carbocycles. The van der Waals surface area contributed by atoms with Crippen LogP contribution < -0.4 is 11.1 Å². The van der Waals surface area contributed by atoms with Gasteiger partial charge >= 0.3 is 0 Å². The lowest BCUT2D eigenvalue weighted by Crippen LogP contribution is -2.39. The molecule has 0 bridgehead atoms. The maximum Gasteiger partial charge on any atom is 0.241 e. The minimum atomic E-state index is -0.603. The number of nitrogens with zero attached hydrogens (tertiary/aromatic N) is 2. The van der Waals surface area contributed by atoms with Crippen LogP contribution in [0.15, 0.2) is 12.4 Å². The number of carbonyl (C=O) groups is 1. The average Bonchev–Trinajstić information content (AvgIpc) is 2.88. The number of amides is 1. The summed E-state index contributed by atoms with van der Waals surface area (Å²) in [6.07, 6.45) is 7.97. The third-order valence-corrected chi connectivity index (χ3v) is 3.07. The molecular weight excluding hydrogens is 204 g/mol. The molecule has 0 aromatic carbocycles. The zero-order chi connectivity index (χ0) is 11.5. The lowest BCUT2D eigenvalue weighted by Gasteiger charge is -2.15. The van der Waals surface area contributed by atoms with E-state index in [0.717, 1.165) is 18.4 Å². The number of carbonyl (C=O) groups excluding carboxylic acids is 1. The highest BCUT2D eigenvalue weighted by Gasteiger charge is 2.22. The van der Waals surface area contributed by atoms with Crippen molar-refractivity contribution in [3.63, 3.8) is 0 Å². The van der Waals surface area contributed by atoms with Crippen molar-refractivity contribution < 1.29 is 4.79 Å². The Bertz CT molecular complexity index is 368. The minimum absolute atomic E-state index is 0.0973. The van der Waals surface area contributed by atoms with Crippen molar-refractivity contribution in [3.05, 3.63) is 18.0 Å². The molecule has 1 aliphatic rings. The van der Waals surface area contributed by atoms with Crippen LogP contribution in [0.5, 0.6) is 0 Å². The number of rotatable bonds is 3. The van der Waals surface area contributed by atoms with Gasteiger partial charge < -0.3 is 11.1 Å². The van der Waals surface area contributed by atoms with Crippen LogP contribution in [0.3, 0.4) is 0 Å². The van der Waals surface area contributed by atoms with Gasteiger partial charge in [-0.05, 0) is 12.8 Å². The van der Waals surface area contributed by atoms with Gasteiger partial charge in [0.05, 0.1) is 6.20 Å². The molecule has 0 radical (unpaired) electrons. The van der Waals surface area contributed by atoms with E-state index in [1.54, 1.807) is 17.1 Å². The fourth-order valence-corrected chi connectivity index (χ4v) is 2.11. The molecule has 2 rings (SSSR count). The molecule has 88 valence electrons. The molecule has 1 saturated carbocycles. The fourth-order valence-electron chi connectivity index (χ4n) is 2.11. The van der Waals surface area contributed by atoms with Crippen LogP contribution in [0, 0.1) is 0 Å². The second-order valence-electron chi connectivity index (χ2n) is 4.41. The van der Waals surface area contributed by atoms with E-state index in [1.165, 1.54) is 12.8 Å². The van der Waals surface area contributed by atoms with Crippen molar-refractivity contribution in [2.45, 2.75) is 37.8 Å². The molecule has 1 amide bonds. The van der Waals surface area contributed by atoms with E-state index in [-0.39, 0.29) is 5.91 Å². The smallest absolute Gasteiger partial charge is 0.241 e. The van der Waals surface area contributed by atoms with Gasteiger partial charge in [-0.25, -0.2) is 0 Å². The van der Waals surface area contributed by atoms with Crippen LogP contribution in [0.1, 0.15) is 37.3 Å². The van der Waals surface area contributed by atoms with E-state index in [4.69, 9.17) is 5.73 Å². The highest BCUT2D eigenvalue weighted by Crippen LogP contribution is 2.18. The highest BCUT2D eigenvalue weighted by atomic mass is 16.2. The molecule has 0 saturated heterocycles. The zero-order valence-corrected chi connectivity index (χ0v) is 9.52. The Morgan fingerprint density at radius 2 is 2.31 bits per heavy atom. The van der Waals surface area contributed by atoms with E-state index in [0.29, 0.717) is 6.04 Å². The summed E-state index contributed by atoms with van der Waals surface area (Å²) in [6, 6.07) is -0.287. The normalized spacial score (nSPS) is 18.6. The summed E-state index contributed by atoms with van der Waals surface area (Å²) in [5, 5.41) is 6.99. The SMILES string of the molecule is Cn1cc(C(N)C(=O)NC2CCCC2)cn1. The Labute approximate surface area is 95.0 Å². The van der Waals surface area contributed by atoms with Crippen molar-refractivity contribution in [2.75, 3.05) is 0 Å². The first-order chi connectivity index (χ1) is 7.66. The van der Waals surface area contributed by atoms with Crippen LogP contribution in [0.25, 0.3) is 0 Å². The van der Waals surface area contributed by atoms with Crippen LogP contribution in [-0.2, 0) is 11.8 Å². The van der Waals surface area contributed by atoms with Gasteiger partial charge in [0.1, 0.15) is 6.04 Å². The lowest BCUT2D eigenvalue weighted by atomic mass is 10.1. The van der Waals surface area contributed by atoms with Gasteiger partial charge in [0.2, 0.25) is 5.91 Å². The van der Waals surface area contributed by atoms with Crippen LogP contribution >= 0.6 is 0 Å². The third-order valence-electron chi connectivity index (χ3n) is 3.07. The predicted octanol–water partition coefficient (Wildman–Crippen LogP) is 0.479. The first-order valence-electron chi connectivity index (χ1n) is 5.71. The Hall–Kier alpha value is -1.36. The second-order valence-corrected chi connectivity index (χ2v) is 4.41. The van der Waals surface area contributed by atoms with Crippen molar-refractivity contribution in [1.29, 1.82) is 0 Å². The van der Waals surface area contributed by atoms with Crippen LogP contribution in [0.4, 0.5) is 0 Å². The molecule has 0 spiro atoms. The fraction of sp³-hybridized carbons (Fsp3) is 0.636. The first kappa shape index (κ1) is 11.1. The monoisotopic (exact) mass is 222 g/mol. The van der Waals surface area contributed by atoms with E-state index in [2.05, 4.69) is 10.4 Å². The van der Waals surface area contributed by atoms with Gasteiger partial charge in [0, 0.05) is 24.8 Å². The molecule has 1 atom stereocenters. The molecule has 5 nitrogen and oxygen atoms in total. The minimum Gasteiger partial charge on any atom is -0.352 e. The summed E-state index contributed by atoms with van der Waals surface area (Å²) in [5.74, 6) is -0.0973. The summed E-state index contributed by atoms with van der Waals surface area (Å²) in [4.78, 5) is 11.8. The highest BCUT2D eigenvalue weighted by molar-refractivity contribution is 5.83. The van der Waals surface area contributed by atoms with Crippen LogP contribution in [-0.4, -0.2) is 21.7 Å². The van der Waals surface area contributed by atoms with Gasteiger partial charge in [-0.3, -0.25) is 9.48 Å². The maximum atomic E-state index is 11.8. The van der Waals surface area contributed by atoms with Gasteiger partial charge in [-0.15, -0.1) is 0 Å². The number of nitrogens with two attached hydrogens (primary N) is 1. The van der Waals surface area contributed by atoms with Crippen molar-refractivity contribution >= 4 is 5.91 Å². The quantitative estimate of drug-likeness (QED) is 0.781. The van der Waals surface area contributed by atoms with Crippen LogP contribution in [0.2, 0.25) is 0 Å². The number of aromatic nitrogens is 2. The first-order valence-corrected chi connectivity index (χ1v) is 5.71. The number of aryl methyl sites for hydroxylation is 1. The molecular formula is C11H18N4O. The number of nitrogens with one attached hydrogen (secondary N) is 1. The van der Waals surface area contributed by atoms with E-state index in [9.17, 15) is 4.79 Å². The summed E-state index contributed by atoms with van der Waals surface area (Å²) in [6.45, 7) is 0. The van der Waals surface area contributed by atoms with Gasteiger partial charge in [-0.2, -0.15) is 5.10 Å². The van der Waals surface area contributed by atoms with E-state index >= 15 is 0 Å². The predicted molar refractivity (Wildman–Crippen MR) is 60.5 cm³/mol. The molecule has 16 heavy (non-hydrogen) atoms. The molecule has 5 heteroatoms. The molecule has 1 fully saturated rings. The van der Waals surface area contributed by atoms with Gasteiger partial charge in [0.15, 0.2) is 0 Å². The standard InChI is InChI=1S/C11H18N4O/c1-15-7-8(6-13-15)10(12)11(16)14-9-4-2-3-5-9/h6-7,9-10H,2-5,12H2,1H3,(H,14,16). The van der Waals surface area contributed by atoms with Crippen molar-refractivity contribution in [2.24, 2.45) is 12.8 Å². The summed E-state index contributed by atoms with van der Waals surface area (Å²) in [5.41, 5.74) is 6.63. The summed E-state index contributed by atoms with van der Waals surface area (Å²) in [7, 11) is 1.81. The molecule has 0 aliphatic heterocycles. The maximum absolute atomic E-state index is 11.8. The van der Waals surface area contributed by atoms with Gasteiger partial charge in [0.25, 0.3) is 0 Å². The molecule has 1 aromatic rings. The topological polar surface area (TPSA) is 72.9 Å². The van der Waals surface area contributed by atoms with E-state index < -0.39 is 6.04 Å². The Kier molecular flexibility index (Phi) is 3.24. The van der Waals surface area contributed by atoms with E-state index in [1.807, 2.05) is 7.05 Å². The molecule has 1 aromatic heterocycles. The zero-order valence-electron chi connectivity index (χ0n) is 9.52. The number of hydrogen-bond donors (Lipinski definition) is 2. The summed E-state index contributed by atoms with van der Waals surface area (Å²) < 4.78 is 1.65. The molecule has 1 heterocycles. The largest absolute Gasteiger partial charge is 0.352 e. The Balaban J connectivity index is 1.93. The van der Waals surface area contributed by atoms with Crippen molar-refractivity contribution in [3.8, 4) is 0 Å². The second kappa shape index (κ2) is 4.65.